The van der Waals surface area contributed by atoms with Crippen LogP contribution in [0.25, 0.3) is 0 Å². The fourth-order valence-electron chi connectivity index (χ4n) is 0.932. The third-order valence-electron chi connectivity index (χ3n) is 1.48. The summed E-state index contributed by atoms with van der Waals surface area (Å²) in [4.78, 5) is 15.0. The molecule has 1 rings (SSSR count). The molecule has 0 aliphatic carbocycles. The van der Waals surface area contributed by atoms with Gasteiger partial charge in [0.1, 0.15) is 6.07 Å². The second-order valence-corrected chi connectivity index (χ2v) is 3.73. The van der Waals surface area contributed by atoms with E-state index < -0.39 is 5.97 Å². The van der Waals surface area contributed by atoms with Crippen molar-refractivity contribution in [1.82, 2.24) is 4.98 Å². The second kappa shape index (κ2) is 4.63. The van der Waals surface area contributed by atoms with Gasteiger partial charge in [-0.2, -0.15) is 5.26 Å². The van der Waals surface area contributed by atoms with E-state index in [9.17, 15) is 4.79 Å². The van der Waals surface area contributed by atoms with Gasteiger partial charge in [0.25, 0.3) is 0 Å². The smallest absolute Gasteiger partial charge is 0.355 e. The molecule has 0 saturated heterocycles. The van der Waals surface area contributed by atoms with Crippen molar-refractivity contribution in [2.24, 2.45) is 0 Å². The molecule has 0 radical (unpaired) electrons. The fraction of sp³-hybridized carbons (Fsp3) is 0.222. The van der Waals surface area contributed by atoms with Crippen LogP contribution in [0.4, 0.5) is 0 Å². The molecule has 0 spiro atoms. The first kappa shape index (κ1) is 10.5. The molecule has 0 bridgehead atoms. The Bertz CT molecular complexity index is 398. The van der Waals surface area contributed by atoms with E-state index >= 15 is 0 Å². The molecule has 0 aliphatic rings. The first-order valence-electron chi connectivity index (χ1n) is 3.95. The highest BCUT2D eigenvalue weighted by atomic mass is 32.2. The van der Waals surface area contributed by atoms with Crippen LogP contribution >= 0.6 is 11.8 Å². The van der Waals surface area contributed by atoms with Gasteiger partial charge in [0.15, 0.2) is 5.69 Å². The maximum absolute atomic E-state index is 10.7. The lowest BCUT2D eigenvalue weighted by Gasteiger charge is -2.02. The topological polar surface area (TPSA) is 74.0 Å². The molecule has 1 aromatic heterocycles. The van der Waals surface area contributed by atoms with Gasteiger partial charge in [0.05, 0.1) is 5.56 Å². The third kappa shape index (κ3) is 2.24. The Morgan fingerprint density at radius 2 is 2.50 bits per heavy atom. The summed E-state index contributed by atoms with van der Waals surface area (Å²) in [6.45, 7) is 1.91. The summed E-state index contributed by atoms with van der Waals surface area (Å²) in [5.74, 6) is -0.318. The SMILES string of the molecule is CCSc1cc(C#N)cnc1C(=O)O. The van der Waals surface area contributed by atoms with Crippen LogP contribution < -0.4 is 0 Å². The summed E-state index contributed by atoms with van der Waals surface area (Å²) < 4.78 is 0. The molecule has 0 atom stereocenters. The van der Waals surface area contributed by atoms with Crippen molar-refractivity contribution in [2.75, 3.05) is 5.75 Å². The van der Waals surface area contributed by atoms with Crippen LogP contribution in [0, 0.1) is 11.3 Å². The number of pyridine rings is 1. The Balaban J connectivity index is 3.18. The molecule has 4 nitrogen and oxygen atoms in total. The van der Waals surface area contributed by atoms with E-state index in [1.807, 2.05) is 13.0 Å². The normalized spacial score (nSPS) is 9.43. The van der Waals surface area contributed by atoms with Gasteiger partial charge in [0.2, 0.25) is 0 Å². The highest BCUT2D eigenvalue weighted by Gasteiger charge is 2.12. The maximum Gasteiger partial charge on any atom is 0.355 e. The van der Waals surface area contributed by atoms with Crippen molar-refractivity contribution in [3.05, 3.63) is 23.5 Å². The number of hydrogen-bond donors (Lipinski definition) is 1. The van der Waals surface area contributed by atoms with E-state index in [0.717, 1.165) is 5.75 Å². The number of carbonyl (C=O) groups is 1. The number of nitrogens with zero attached hydrogens (tertiary/aromatic N) is 2. The molecule has 72 valence electrons. The molecule has 1 heterocycles. The van der Waals surface area contributed by atoms with Gasteiger partial charge in [0, 0.05) is 11.1 Å². The van der Waals surface area contributed by atoms with E-state index in [4.69, 9.17) is 10.4 Å². The Hall–Kier alpha value is -1.54. The molecule has 1 N–H and O–H groups in total. The van der Waals surface area contributed by atoms with E-state index in [1.165, 1.54) is 18.0 Å². The molecular formula is C9H8N2O2S. The minimum atomic E-state index is -1.06. The van der Waals surface area contributed by atoms with Crippen molar-refractivity contribution >= 4 is 17.7 Å². The quantitative estimate of drug-likeness (QED) is 0.766. The van der Waals surface area contributed by atoms with E-state index in [0.29, 0.717) is 10.5 Å². The summed E-state index contributed by atoms with van der Waals surface area (Å²) >= 11 is 1.37. The van der Waals surface area contributed by atoms with E-state index in [1.54, 1.807) is 6.07 Å². The van der Waals surface area contributed by atoms with Crippen LogP contribution in [0.15, 0.2) is 17.2 Å². The summed E-state index contributed by atoms with van der Waals surface area (Å²) in [7, 11) is 0. The molecule has 0 aromatic carbocycles. The molecule has 0 aliphatic heterocycles. The highest BCUT2D eigenvalue weighted by Crippen LogP contribution is 2.21. The first-order chi connectivity index (χ1) is 6.69. The summed E-state index contributed by atoms with van der Waals surface area (Å²) in [5.41, 5.74) is 0.391. The molecule has 14 heavy (non-hydrogen) atoms. The lowest BCUT2D eigenvalue weighted by molar-refractivity contribution is 0.0686. The van der Waals surface area contributed by atoms with Crippen LogP contribution in [0.3, 0.4) is 0 Å². The zero-order chi connectivity index (χ0) is 10.6. The van der Waals surface area contributed by atoms with Crippen LogP contribution in [-0.4, -0.2) is 21.8 Å². The Kier molecular flexibility index (Phi) is 3.48. The van der Waals surface area contributed by atoms with Gasteiger partial charge in [-0.05, 0) is 11.8 Å². The minimum Gasteiger partial charge on any atom is -0.476 e. The van der Waals surface area contributed by atoms with Crippen LogP contribution in [0.2, 0.25) is 0 Å². The zero-order valence-electron chi connectivity index (χ0n) is 7.52. The molecule has 0 amide bonds. The Morgan fingerprint density at radius 3 is 3.00 bits per heavy atom. The number of thioether (sulfide) groups is 1. The molecule has 0 saturated carbocycles. The summed E-state index contributed by atoms with van der Waals surface area (Å²) in [5, 5.41) is 17.4. The zero-order valence-corrected chi connectivity index (χ0v) is 8.34. The molecule has 0 fully saturated rings. The number of aromatic nitrogens is 1. The molecule has 0 unspecified atom stereocenters. The van der Waals surface area contributed by atoms with Crippen LogP contribution in [-0.2, 0) is 0 Å². The number of nitriles is 1. The van der Waals surface area contributed by atoms with E-state index in [2.05, 4.69) is 4.98 Å². The van der Waals surface area contributed by atoms with E-state index in [-0.39, 0.29) is 5.69 Å². The van der Waals surface area contributed by atoms with Gasteiger partial charge in [-0.1, -0.05) is 6.92 Å². The standard InChI is InChI=1S/C9H8N2O2S/c1-2-14-7-3-6(4-10)5-11-8(7)9(12)13/h3,5H,2H2,1H3,(H,12,13). The molecule has 5 heteroatoms. The molecular weight excluding hydrogens is 200 g/mol. The lowest BCUT2D eigenvalue weighted by Crippen LogP contribution is -2.03. The average molecular weight is 208 g/mol. The van der Waals surface area contributed by atoms with Gasteiger partial charge in [-0.15, -0.1) is 11.8 Å². The van der Waals surface area contributed by atoms with Gasteiger partial charge < -0.3 is 5.11 Å². The van der Waals surface area contributed by atoms with Crippen LogP contribution in [0.5, 0.6) is 0 Å². The van der Waals surface area contributed by atoms with Crippen molar-refractivity contribution in [3.63, 3.8) is 0 Å². The predicted octanol–water partition coefficient (Wildman–Crippen LogP) is 1.76. The highest BCUT2D eigenvalue weighted by molar-refractivity contribution is 7.99. The number of hydrogen-bond acceptors (Lipinski definition) is 4. The number of rotatable bonds is 3. The first-order valence-corrected chi connectivity index (χ1v) is 4.93. The number of carboxylic acids is 1. The minimum absolute atomic E-state index is 0.0100. The largest absolute Gasteiger partial charge is 0.476 e. The second-order valence-electron chi connectivity index (χ2n) is 2.42. The maximum atomic E-state index is 10.7. The van der Waals surface area contributed by atoms with Gasteiger partial charge in [-0.25, -0.2) is 9.78 Å². The fourth-order valence-corrected chi connectivity index (χ4v) is 1.73. The Labute approximate surface area is 85.6 Å². The van der Waals surface area contributed by atoms with Crippen molar-refractivity contribution in [3.8, 4) is 6.07 Å². The summed E-state index contributed by atoms with van der Waals surface area (Å²) in [6, 6.07) is 3.47. The van der Waals surface area contributed by atoms with Gasteiger partial charge >= 0.3 is 5.97 Å². The lowest BCUT2D eigenvalue weighted by atomic mass is 10.2. The van der Waals surface area contributed by atoms with Crippen molar-refractivity contribution in [2.45, 2.75) is 11.8 Å². The molecule has 1 aromatic rings. The Morgan fingerprint density at radius 1 is 1.79 bits per heavy atom. The summed E-state index contributed by atoms with van der Waals surface area (Å²) in [6.07, 6.45) is 1.27. The predicted molar refractivity (Wildman–Crippen MR) is 52.3 cm³/mol. The third-order valence-corrected chi connectivity index (χ3v) is 2.40. The number of aromatic carboxylic acids is 1. The van der Waals surface area contributed by atoms with Crippen LogP contribution in [0.1, 0.15) is 23.0 Å². The van der Waals surface area contributed by atoms with Gasteiger partial charge in [-0.3, -0.25) is 0 Å². The average Bonchev–Trinajstić information content (AvgIpc) is 2.17. The van der Waals surface area contributed by atoms with Crippen molar-refractivity contribution < 1.29 is 9.90 Å². The number of carboxylic acid groups (broad SMARTS) is 1. The monoisotopic (exact) mass is 208 g/mol. The van der Waals surface area contributed by atoms with Crippen molar-refractivity contribution in [1.29, 1.82) is 5.26 Å².